The van der Waals surface area contributed by atoms with Crippen LogP contribution in [0.5, 0.6) is 0 Å². The van der Waals surface area contributed by atoms with Crippen molar-refractivity contribution in [1.82, 2.24) is 20.1 Å². The molecular weight excluding hydrogens is 326 g/mol. The van der Waals surface area contributed by atoms with Gasteiger partial charge in [-0.1, -0.05) is 18.9 Å². The summed E-state index contributed by atoms with van der Waals surface area (Å²) in [6, 6.07) is 9.09. The van der Waals surface area contributed by atoms with Gasteiger partial charge in [-0.25, -0.2) is 9.89 Å². The zero-order chi connectivity index (χ0) is 18.1. The standard InChI is InChI=1S/C20H25N5O/c1-25-19(23-24-20(25)26)11-15-4-2-3-5-17(15)22-18-9-8-14-7-6-13(12-21)10-16(14)18/h6-7,10,15,17-18,22H,2-5,8-9,11H2,1H3,(H,24,26)/t15-,17-,18?/m1/s1. The first-order valence-corrected chi connectivity index (χ1v) is 9.55. The van der Waals surface area contributed by atoms with E-state index in [0.29, 0.717) is 18.0 Å². The fraction of sp³-hybridized carbons (Fsp3) is 0.550. The Hall–Kier alpha value is -2.39. The third-order valence-electron chi connectivity index (χ3n) is 6.09. The van der Waals surface area contributed by atoms with Crippen LogP contribution in [-0.2, 0) is 19.9 Å². The Morgan fingerprint density at radius 1 is 1.35 bits per heavy atom. The molecule has 3 atom stereocenters. The second-order valence-corrected chi connectivity index (χ2v) is 7.64. The van der Waals surface area contributed by atoms with Crippen LogP contribution in [0, 0.1) is 17.2 Å². The number of hydrogen-bond donors (Lipinski definition) is 2. The number of hydrogen-bond acceptors (Lipinski definition) is 4. The maximum atomic E-state index is 11.6. The van der Waals surface area contributed by atoms with Gasteiger partial charge in [0.15, 0.2) is 0 Å². The smallest absolute Gasteiger partial charge is 0.307 e. The fourth-order valence-electron chi connectivity index (χ4n) is 4.57. The van der Waals surface area contributed by atoms with Crippen molar-refractivity contribution in [3.05, 3.63) is 51.2 Å². The first-order valence-electron chi connectivity index (χ1n) is 9.55. The summed E-state index contributed by atoms with van der Waals surface area (Å²) in [4.78, 5) is 11.6. The molecule has 0 radical (unpaired) electrons. The van der Waals surface area contributed by atoms with Gasteiger partial charge in [0.2, 0.25) is 0 Å². The predicted octanol–water partition coefficient (Wildman–Crippen LogP) is 2.36. The average Bonchev–Trinajstić information content (AvgIpc) is 3.21. The zero-order valence-corrected chi connectivity index (χ0v) is 15.2. The molecule has 1 aromatic carbocycles. The molecule has 4 rings (SSSR count). The number of nitriles is 1. The third kappa shape index (κ3) is 3.19. The Balaban J connectivity index is 1.51. The highest BCUT2D eigenvalue weighted by Gasteiger charge is 2.31. The Morgan fingerprint density at radius 2 is 2.19 bits per heavy atom. The number of nitrogens with one attached hydrogen (secondary N) is 2. The van der Waals surface area contributed by atoms with Crippen LogP contribution in [0.15, 0.2) is 23.0 Å². The monoisotopic (exact) mass is 351 g/mol. The lowest BCUT2D eigenvalue weighted by molar-refractivity contribution is 0.236. The molecule has 2 N–H and O–H groups in total. The van der Waals surface area contributed by atoms with Gasteiger partial charge in [0.05, 0.1) is 11.6 Å². The first-order chi connectivity index (χ1) is 12.7. The van der Waals surface area contributed by atoms with Gasteiger partial charge in [-0.05, 0) is 54.9 Å². The van der Waals surface area contributed by atoms with E-state index in [-0.39, 0.29) is 5.69 Å². The lowest BCUT2D eigenvalue weighted by Crippen LogP contribution is -2.41. The molecule has 0 amide bonds. The second kappa shape index (κ2) is 7.08. The molecule has 1 fully saturated rings. The minimum absolute atomic E-state index is 0.144. The number of benzene rings is 1. The number of fused-ring (bicyclic) bond motifs is 1. The molecule has 0 saturated heterocycles. The van der Waals surface area contributed by atoms with E-state index < -0.39 is 0 Å². The molecule has 1 heterocycles. The van der Waals surface area contributed by atoms with Crippen molar-refractivity contribution in [2.24, 2.45) is 13.0 Å². The van der Waals surface area contributed by atoms with Gasteiger partial charge in [-0.3, -0.25) is 4.57 Å². The molecule has 136 valence electrons. The van der Waals surface area contributed by atoms with Crippen molar-refractivity contribution in [2.75, 3.05) is 0 Å². The van der Waals surface area contributed by atoms with Crippen LogP contribution in [0.25, 0.3) is 0 Å². The van der Waals surface area contributed by atoms with E-state index in [1.54, 1.807) is 11.6 Å². The van der Waals surface area contributed by atoms with E-state index in [0.717, 1.165) is 43.5 Å². The molecule has 0 aliphatic heterocycles. The van der Waals surface area contributed by atoms with Gasteiger partial charge < -0.3 is 5.32 Å². The summed E-state index contributed by atoms with van der Waals surface area (Å²) in [5.41, 5.74) is 3.25. The molecule has 1 unspecified atom stereocenters. The number of aryl methyl sites for hydroxylation is 1. The van der Waals surface area contributed by atoms with Crippen LogP contribution in [0.4, 0.5) is 0 Å². The molecule has 2 aliphatic rings. The molecule has 1 aromatic heterocycles. The van der Waals surface area contributed by atoms with E-state index in [2.05, 4.69) is 33.7 Å². The molecule has 2 aliphatic carbocycles. The van der Waals surface area contributed by atoms with Crippen LogP contribution < -0.4 is 11.0 Å². The van der Waals surface area contributed by atoms with Gasteiger partial charge in [0.1, 0.15) is 5.82 Å². The molecule has 0 spiro atoms. The Kier molecular flexibility index (Phi) is 4.64. The SMILES string of the molecule is Cn1c(C[C@H]2CCCC[C@H]2NC2CCc3ccc(C#N)cc32)n[nH]c1=O. The molecule has 26 heavy (non-hydrogen) atoms. The van der Waals surface area contributed by atoms with Crippen molar-refractivity contribution in [3.63, 3.8) is 0 Å². The summed E-state index contributed by atoms with van der Waals surface area (Å²) in [5.74, 6) is 1.33. The number of aromatic amines is 1. The normalized spacial score (nSPS) is 25.0. The summed E-state index contributed by atoms with van der Waals surface area (Å²) in [7, 11) is 1.78. The highest BCUT2D eigenvalue weighted by atomic mass is 16.1. The highest BCUT2D eigenvalue weighted by molar-refractivity contribution is 5.42. The van der Waals surface area contributed by atoms with Gasteiger partial charge in [0.25, 0.3) is 0 Å². The van der Waals surface area contributed by atoms with E-state index in [1.165, 1.54) is 24.0 Å². The van der Waals surface area contributed by atoms with Gasteiger partial charge in [-0.15, -0.1) is 0 Å². The maximum Gasteiger partial charge on any atom is 0.343 e. The van der Waals surface area contributed by atoms with Gasteiger partial charge in [-0.2, -0.15) is 10.4 Å². The second-order valence-electron chi connectivity index (χ2n) is 7.64. The maximum absolute atomic E-state index is 11.6. The van der Waals surface area contributed by atoms with Crippen molar-refractivity contribution in [2.45, 2.75) is 57.0 Å². The van der Waals surface area contributed by atoms with Crippen LogP contribution in [0.3, 0.4) is 0 Å². The molecule has 0 bridgehead atoms. The van der Waals surface area contributed by atoms with Crippen molar-refractivity contribution in [3.8, 4) is 6.07 Å². The summed E-state index contributed by atoms with van der Waals surface area (Å²) >= 11 is 0. The number of nitrogens with zero attached hydrogens (tertiary/aromatic N) is 3. The topological polar surface area (TPSA) is 86.5 Å². The minimum atomic E-state index is -0.144. The highest BCUT2D eigenvalue weighted by Crippen LogP contribution is 2.35. The summed E-state index contributed by atoms with van der Waals surface area (Å²) in [6.45, 7) is 0. The van der Waals surface area contributed by atoms with Crippen molar-refractivity contribution >= 4 is 0 Å². The quantitative estimate of drug-likeness (QED) is 0.885. The van der Waals surface area contributed by atoms with E-state index in [4.69, 9.17) is 0 Å². The zero-order valence-electron chi connectivity index (χ0n) is 15.2. The molecule has 6 nitrogen and oxygen atoms in total. The largest absolute Gasteiger partial charge is 0.343 e. The van der Waals surface area contributed by atoms with Crippen LogP contribution in [0.1, 0.15) is 60.7 Å². The summed E-state index contributed by atoms with van der Waals surface area (Å²) in [6.07, 6.45) is 7.79. The first kappa shape index (κ1) is 17.0. The summed E-state index contributed by atoms with van der Waals surface area (Å²) in [5, 5.41) is 19.8. The van der Waals surface area contributed by atoms with E-state index in [9.17, 15) is 10.1 Å². The van der Waals surface area contributed by atoms with Crippen molar-refractivity contribution in [1.29, 1.82) is 5.26 Å². The fourth-order valence-corrected chi connectivity index (χ4v) is 4.57. The van der Waals surface area contributed by atoms with Gasteiger partial charge >= 0.3 is 5.69 Å². The Morgan fingerprint density at radius 3 is 2.96 bits per heavy atom. The Bertz CT molecular complexity index is 890. The van der Waals surface area contributed by atoms with Crippen LogP contribution in [-0.4, -0.2) is 20.8 Å². The van der Waals surface area contributed by atoms with Crippen LogP contribution >= 0.6 is 0 Å². The van der Waals surface area contributed by atoms with Crippen molar-refractivity contribution < 1.29 is 0 Å². The van der Waals surface area contributed by atoms with Gasteiger partial charge in [0, 0.05) is 25.6 Å². The molecule has 6 heteroatoms. The molecule has 2 aromatic rings. The predicted molar refractivity (Wildman–Crippen MR) is 98.6 cm³/mol. The number of rotatable bonds is 4. The number of aromatic nitrogens is 3. The van der Waals surface area contributed by atoms with E-state index >= 15 is 0 Å². The Labute approximate surface area is 153 Å². The molecule has 1 saturated carbocycles. The van der Waals surface area contributed by atoms with Crippen LogP contribution in [0.2, 0.25) is 0 Å². The minimum Gasteiger partial charge on any atom is -0.307 e. The average molecular weight is 351 g/mol. The summed E-state index contributed by atoms with van der Waals surface area (Å²) < 4.78 is 1.62. The van der Waals surface area contributed by atoms with E-state index in [1.807, 2.05) is 6.07 Å². The lowest BCUT2D eigenvalue weighted by Gasteiger charge is -2.34. The molecular formula is C20H25N5O. The third-order valence-corrected chi connectivity index (χ3v) is 6.09. The number of H-pyrrole nitrogens is 1. The lowest BCUT2D eigenvalue weighted by atomic mass is 9.81.